The maximum atomic E-state index is 12.6. The normalized spacial score (nSPS) is 23.2. The van der Waals surface area contributed by atoms with Gasteiger partial charge in [-0.15, -0.1) is 0 Å². The maximum Gasteiger partial charge on any atom is 0.407 e. The number of amides is 2. The smallest absolute Gasteiger partial charge is 0.407 e. The third-order valence-electron chi connectivity index (χ3n) is 5.06. The molecule has 1 aliphatic rings. The highest BCUT2D eigenvalue weighted by atomic mass is 16.6. The van der Waals surface area contributed by atoms with E-state index in [0.717, 1.165) is 19.3 Å². The first-order valence-corrected chi connectivity index (χ1v) is 10.1. The van der Waals surface area contributed by atoms with E-state index in [0.29, 0.717) is 12.3 Å². The monoisotopic (exact) mass is 399 g/mol. The van der Waals surface area contributed by atoms with E-state index in [1.165, 1.54) is 14.0 Å². The minimum absolute atomic E-state index is 0.143. The number of alkyl carbamates (subject to hydrolysis) is 1. The molecule has 0 aromatic heterocycles. The van der Waals surface area contributed by atoms with Gasteiger partial charge < -0.3 is 20.1 Å². The highest BCUT2D eigenvalue weighted by Gasteiger charge is 2.44. The summed E-state index contributed by atoms with van der Waals surface area (Å²) in [5, 5.41) is 9.10. The van der Waals surface area contributed by atoms with Crippen LogP contribution in [0.1, 0.15) is 67.2 Å². The molecule has 0 aliphatic carbocycles. The van der Waals surface area contributed by atoms with Crippen molar-refractivity contribution in [2.45, 2.75) is 97.0 Å². The fraction of sp³-hybridized carbons (Fsp3) is 0.850. The van der Waals surface area contributed by atoms with Crippen molar-refractivity contribution in [2.24, 2.45) is 5.92 Å². The first-order chi connectivity index (χ1) is 13.0. The fourth-order valence-electron chi connectivity index (χ4n) is 3.65. The molecule has 3 N–H and O–H groups in total. The van der Waals surface area contributed by atoms with Crippen molar-refractivity contribution in [3.05, 3.63) is 0 Å². The van der Waals surface area contributed by atoms with Gasteiger partial charge in [-0.3, -0.25) is 14.9 Å². The molecule has 0 unspecified atom stereocenters. The van der Waals surface area contributed by atoms with Crippen LogP contribution in [-0.2, 0) is 19.1 Å². The number of esters is 1. The Morgan fingerprint density at radius 3 is 2.25 bits per heavy atom. The summed E-state index contributed by atoms with van der Waals surface area (Å²) < 4.78 is 10.2. The predicted molar refractivity (Wildman–Crippen MR) is 107 cm³/mol. The van der Waals surface area contributed by atoms with E-state index in [1.807, 2.05) is 20.8 Å². The summed E-state index contributed by atoms with van der Waals surface area (Å²) in [5.74, 6) is -0.0796. The number of hydrogen-bond acceptors (Lipinski definition) is 6. The van der Waals surface area contributed by atoms with Gasteiger partial charge in [-0.2, -0.15) is 0 Å². The Morgan fingerprint density at radius 1 is 1.18 bits per heavy atom. The SMILES string of the molecule is CCC(CC)C[C@H](NC(C)=O)[C@@H]1N[C@@H](C(=O)OC(C)(C)C)C[C@H]1NC(=O)OC. The summed E-state index contributed by atoms with van der Waals surface area (Å²) in [5.41, 5.74) is -0.603. The number of nitrogens with one attached hydrogen (secondary N) is 3. The topological polar surface area (TPSA) is 106 Å². The average molecular weight is 400 g/mol. The lowest BCUT2D eigenvalue weighted by molar-refractivity contribution is -0.157. The van der Waals surface area contributed by atoms with E-state index in [2.05, 4.69) is 29.8 Å². The molecule has 0 aromatic carbocycles. The third-order valence-corrected chi connectivity index (χ3v) is 5.06. The van der Waals surface area contributed by atoms with Crippen LogP contribution in [0.5, 0.6) is 0 Å². The van der Waals surface area contributed by atoms with Gasteiger partial charge in [-0.25, -0.2) is 4.79 Å². The molecule has 8 nitrogen and oxygen atoms in total. The van der Waals surface area contributed by atoms with Crippen LogP contribution in [0.3, 0.4) is 0 Å². The minimum Gasteiger partial charge on any atom is -0.459 e. The molecule has 1 fully saturated rings. The van der Waals surface area contributed by atoms with Crippen LogP contribution in [0, 0.1) is 5.92 Å². The van der Waals surface area contributed by atoms with Crippen LogP contribution in [0.15, 0.2) is 0 Å². The van der Waals surface area contributed by atoms with E-state index in [-0.39, 0.29) is 30.0 Å². The van der Waals surface area contributed by atoms with Gasteiger partial charge in [0, 0.05) is 19.0 Å². The lowest BCUT2D eigenvalue weighted by Crippen LogP contribution is -2.57. The van der Waals surface area contributed by atoms with E-state index < -0.39 is 17.7 Å². The van der Waals surface area contributed by atoms with Gasteiger partial charge in [0.05, 0.1) is 13.2 Å². The summed E-state index contributed by atoms with van der Waals surface area (Å²) in [7, 11) is 1.30. The molecule has 28 heavy (non-hydrogen) atoms. The number of ether oxygens (including phenoxy) is 2. The van der Waals surface area contributed by atoms with Gasteiger partial charge in [0.25, 0.3) is 0 Å². The quantitative estimate of drug-likeness (QED) is 0.540. The molecule has 162 valence electrons. The Balaban J connectivity index is 3.05. The molecule has 2 amide bonds. The van der Waals surface area contributed by atoms with E-state index >= 15 is 0 Å². The first-order valence-electron chi connectivity index (χ1n) is 10.1. The van der Waals surface area contributed by atoms with Gasteiger partial charge in [0.15, 0.2) is 0 Å². The molecule has 0 radical (unpaired) electrons. The van der Waals surface area contributed by atoms with Gasteiger partial charge in [0.1, 0.15) is 11.6 Å². The molecule has 1 heterocycles. The zero-order chi connectivity index (χ0) is 21.5. The molecule has 0 bridgehead atoms. The Hall–Kier alpha value is -1.83. The fourth-order valence-corrected chi connectivity index (χ4v) is 3.65. The van der Waals surface area contributed by atoms with Crippen molar-refractivity contribution in [1.82, 2.24) is 16.0 Å². The number of methoxy groups -OCH3 is 1. The van der Waals surface area contributed by atoms with Crippen molar-refractivity contribution in [3.63, 3.8) is 0 Å². The minimum atomic E-state index is -0.603. The molecule has 0 saturated carbocycles. The van der Waals surface area contributed by atoms with Crippen LogP contribution in [-0.4, -0.2) is 54.8 Å². The molecule has 0 aromatic rings. The van der Waals surface area contributed by atoms with Crippen LogP contribution in [0.4, 0.5) is 4.79 Å². The van der Waals surface area contributed by atoms with Crippen molar-refractivity contribution < 1.29 is 23.9 Å². The van der Waals surface area contributed by atoms with Gasteiger partial charge in [-0.05, 0) is 39.5 Å². The molecule has 1 rings (SSSR count). The van der Waals surface area contributed by atoms with Crippen molar-refractivity contribution in [3.8, 4) is 0 Å². The number of rotatable bonds is 8. The molecular formula is C20H37N3O5. The zero-order valence-electron chi connectivity index (χ0n) is 18.3. The number of carbonyl (C=O) groups excluding carboxylic acids is 3. The summed E-state index contributed by atoms with van der Waals surface area (Å²) >= 11 is 0. The number of hydrogen-bond donors (Lipinski definition) is 3. The molecule has 1 saturated heterocycles. The lowest BCUT2D eigenvalue weighted by Gasteiger charge is -2.32. The lowest BCUT2D eigenvalue weighted by atomic mass is 9.89. The third kappa shape index (κ3) is 7.66. The highest BCUT2D eigenvalue weighted by Crippen LogP contribution is 2.25. The van der Waals surface area contributed by atoms with E-state index in [4.69, 9.17) is 9.47 Å². The molecular weight excluding hydrogens is 362 g/mol. The summed E-state index contributed by atoms with van der Waals surface area (Å²) in [4.78, 5) is 36.2. The summed E-state index contributed by atoms with van der Waals surface area (Å²) in [6.45, 7) is 11.2. The largest absolute Gasteiger partial charge is 0.459 e. The highest BCUT2D eigenvalue weighted by molar-refractivity contribution is 5.77. The molecule has 0 spiro atoms. The van der Waals surface area contributed by atoms with Gasteiger partial charge >= 0.3 is 12.1 Å². The second-order valence-electron chi connectivity index (χ2n) is 8.48. The Morgan fingerprint density at radius 2 is 1.79 bits per heavy atom. The van der Waals surface area contributed by atoms with Gasteiger partial charge in [0.2, 0.25) is 5.91 Å². The second-order valence-corrected chi connectivity index (χ2v) is 8.48. The average Bonchev–Trinajstić information content (AvgIpc) is 3.00. The van der Waals surface area contributed by atoms with Crippen LogP contribution < -0.4 is 16.0 Å². The first kappa shape index (κ1) is 24.2. The Bertz CT molecular complexity index is 542. The van der Waals surface area contributed by atoms with Crippen LogP contribution in [0.25, 0.3) is 0 Å². The van der Waals surface area contributed by atoms with Crippen molar-refractivity contribution >= 4 is 18.0 Å². The predicted octanol–water partition coefficient (Wildman–Crippen LogP) is 2.11. The molecule has 8 heteroatoms. The Kier molecular flexibility index (Phi) is 9.20. The summed E-state index contributed by atoms with van der Waals surface area (Å²) in [6, 6.07) is -1.46. The van der Waals surface area contributed by atoms with Crippen LogP contribution >= 0.6 is 0 Å². The van der Waals surface area contributed by atoms with Crippen LogP contribution in [0.2, 0.25) is 0 Å². The molecule has 4 atom stereocenters. The summed E-state index contributed by atoms with van der Waals surface area (Å²) in [6.07, 6.45) is 2.54. The standard InChI is InChI=1S/C20H37N3O5/c1-8-13(9-2)10-14(21-12(3)24)17-15(23-19(26)27-7)11-16(22-17)18(25)28-20(4,5)6/h13-17,22H,8-11H2,1-7H3,(H,21,24)(H,23,26)/t14-,15+,16+,17-/m0/s1. The zero-order valence-corrected chi connectivity index (χ0v) is 18.3. The number of carbonyl (C=O) groups is 3. The maximum absolute atomic E-state index is 12.6. The van der Waals surface area contributed by atoms with Gasteiger partial charge in [-0.1, -0.05) is 26.7 Å². The van der Waals surface area contributed by atoms with E-state index in [1.54, 1.807) is 0 Å². The second kappa shape index (κ2) is 10.6. The van der Waals surface area contributed by atoms with E-state index in [9.17, 15) is 14.4 Å². The molecule has 1 aliphatic heterocycles. The van der Waals surface area contributed by atoms with Crippen molar-refractivity contribution in [2.75, 3.05) is 7.11 Å². The Labute approximate surface area is 168 Å². The van der Waals surface area contributed by atoms with Crippen molar-refractivity contribution in [1.29, 1.82) is 0 Å².